The Bertz CT molecular complexity index is 678. The number of nitrogens with one attached hydrogen (secondary N) is 1. The molecule has 0 amide bonds. The molecule has 0 saturated carbocycles. The van der Waals surface area contributed by atoms with Crippen LogP contribution in [-0.4, -0.2) is 18.8 Å². The van der Waals surface area contributed by atoms with E-state index in [1.54, 1.807) is 24.3 Å². The highest BCUT2D eigenvalue weighted by Crippen LogP contribution is 2.14. The van der Waals surface area contributed by atoms with Crippen LogP contribution in [0.4, 0.5) is 5.69 Å². The molecule has 0 heterocycles. The minimum Gasteiger partial charge on any atom is -0.289 e. The first-order chi connectivity index (χ1) is 8.96. The molecule has 2 aromatic carbocycles. The van der Waals surface area contributed by atoms with E-state index in [0.717, 1.165) is 0 Å². The Morgan fingerprint density at radius 1 is 0.895 bits per heavy atom. The number of hydrogen-bond donors (Lipinski definition) is 2. The van der Waals surface area contributed by atoms with E-state index in [1.165, 1.54) is 24.3 Å². The Hall–Kier alpha value is -2.18. The molecule has 98 valence electrons. The highest BCUT2D eigenvalue weighted by Gasteiger charge is 2.09. The van der Waals surface area contributed by atoms with Gasteiger partial charge < -0.3 is 0 Å². The molecule has 0 atom stereocenters. The molecule has 2 rings (SSSR count). The van der Waals surface area contributed by atoms with Gasteiger partial charge in [0.25, 0.3) is 0 Å². The lowest BCUT2D eigenvalue weighted by Gasteiger charge is -2.04. The number of carbonyl (C=O) groups is 1. The van der Waals surface area contributed by atoms with E-state index in [9.17, 15) is 13.2 Å². The van der Waals surface area contributed by atoms with Crippen LogP contribution in [0.1, 0.15) is 15.9 Å². The second-order valence-electron chi connectivity index (χ2n) is 3.85. The molecule has 0 spiro atoms. The summed E-state index contributed by atoms with van der Waals surface area (Å²) < 4.78 is 31.8. The van der Waals surface area contributed by atoms with Gasteiger partial charge in [0.2, 0.25) is 0 Å². The van der Waals surface area contributed by atoms with Crippen LogP contribution in [0, 0.1) is 0 Å². The monoisotopic (exact) mass is 277 g/mol. The molecule has 0 aliphatic heterocycles. The lowest BCUT2D eigenvalue weighted by atomic mass is 10.0. The number of anilines is 1. The zero-order valence-corrected chi connectivity index (χ0v) is 10.6. The topological polar surface area (TPSA) is 83.5 Å². The molecule has 0 aromatic heterocycles. The zero-order chi connectivity index (χ0) is 13.9. The molecule has 0 radical (unpaired) electrons. The van der Waals surface area contributed by atoms with Gasteiger partial charge in [-0.05, 0) is 24.3 Å². The van der Waals surface area contributed by atoms with Crippen molar-refractivity contribution >= 4 is 21.8 Å². The second-order valence-corrected chi connectivity index (χ2v) is 5.00. The van der Waals surface area contributed by atoms with Gasteiger partial charge in [0.15, 0.2) is 5.78 Å². The van der Waals surface area contributed by atoms with Gasteiger partial charge in [0, 0.05) is 11.1 Å². The molecule has 0 unspecified atom stereocenters. The lowest BCUT2D eigenvalue weighted by molar-refractivity contribution is 0.103. The highest BCUT2D eigenvalue weighted by atomic mass is 32.2. The first kappa shape index (κ1) is 13.3. The van der Waals surface area contributed by atoms with Crippen molar-refractivity contribution in [2.24, 2.45) is 0 Å². The first-order valence-corrected chi connectivity index (χ1v) is 6.85. The van der Waals surface area contributed by atoms with E-state index in [2.05, 4.69) is 0 Å². The molecular weight excluding hydrogens is 266 g/mol. The van der Waals surface area contributed by atoms with Gasteiger partial charge in [-0.2, -0.15) is 8.42 Å². The number of rotatable bonds is 4. The highest BCUT2D eigenvalue weighted by molar-refractivity contribution is 7.87. The van der Waals surface area contributed by atoms with Gasteiger partial charge in [0.1, 0.15) is 0 Å². The third-order valence-electron chi connectivity index (χ3n) is 2.43. The van der Waals surface area contributed by atoms with E-state index in [4.69, 9.17) is 4.55 Å². The Kier molecular flexibility index (Phi) is 3.64. The maximum Gasteiger partial charge on any atom is 0.357 e. The van der Waals surface area contributed by atoms with Crippen molar-refractivity contribution < 1.29 is 17.8 Å². The summed E-state index contributed by atoms with van der Waals surface area (Å²) in [7, 11) is -4.30. The summed E-state index contributed by atoms with van der Waals surface area (Å²) in [5, 5.41) is 0. The van der Waals surface area contributed by atoms with Crippen molar-refractivity contribution in [3.8, 4) is 0 Å². The molecule has 0 fully saturated rings. The number of hydrogen-bond acceptors (Lipinski definition) is 3. The summed E-state index contributed by atoms with van der Waals surface area (Å²) >= 11 is 0. The summed E-state index contributed by atoms with van der Waals surface area (Å²) in [5.41, 5.74) is 1.18. The van der Waals surface area contributed by atoms with Crippen LogP contribution < -0.4 is 4.72 Å². The maximum atomic E-state index is 12.1. The minimum atomic E-state index is -4.30. The van der Waals surface area contributed by atoms with Gasteiger partial charge >= 0.3 is 10.3 Å². The maximum absolute atomic E-state index is 12.1. The number of carbonyl (C=O) groups excluding carboxylic acids is 1. The van der Waals surface area contributed by atoms with Crippen LogP contribution in [0.2, 0.25) is 0 Å². The Balaban J connectivity index is 2.22. The average Bonchev–Trinajstić information content (AvgIpc) is 2.38. The quantitative estimate of drug-likeness (QED) is 0.662. The average molecular weight is 277 g/mol. The largest absolute Gasteiger partial charge is 0.357 e. The normalized spacial score (nSPS) is 11.0. The Labute approximate surface area is 110 Å². The summed E-state index contributed by atoms with van der Waals surface area (Å²) in [6.45, 7) is 0. The van der Waals surface area contributed by atoms with E-state index < -0.39 is 10.3 Å². The fraction of sp³-hybridized carbons (Fsp3) is 0. The van der Waals surface area contributed by atoms with Crippen LogP contribution in [0.15, 0.2) is 54.6 Å². The molecular formula is C13H11NO4S. The van der Waals surface area contributed by atoms with Crippen LogP contribution in [0.5, 0.6) is 0 Å². The van der Waals surface area contributed by atoms with Gasteiger partial charge in [-0.3, -0.25) is 14.1 Å². The molecule has 2 N–H and O–H groups in total. The van der Waals surface area contributed by atoms with Gasteiger partial charge in [0.05, 0.1) is 5.69 Å². The predicted octanol–water partition coefficient (Wildman–Crippen LogP) is 2.13. The molecule has 6 heteroatoms. The van der Waals surface area contributed by atoms with Gasteiger partial charge in [-0.25, -0.2) is 0 Å². The number of benzene rings is 2. The van der Waals surface area contributed by atoms with E-state index >= 15 is 0 Å². The summed E-state index contributed by atoms with van der Waals surface area (Å²) in [6.07, 6.45) is 0. The van der Waals surface area contributed by atoms with Crippen molar-refractivity contribution in [3.05, 3.63) is 65.7 Å². The molecule has 0 aliphatic rings. The van der Waals surface area contributed by atoms with Crippen molar-refractivity contribution in [2.75, 3.05) is 4.72 Å². The van der Waals surface area contributed by atoms with Gasteiger partial charge in [-0.1, -0.05) is 30.3 Å². The molecule has 0 bridgehead atoms. The summed E-state index contributed by atoms with van der Waals surface area (Å²) in [5.74, 6) is -0.154. The van der Waals surface area contributed by atoms with E-state index in [1.807, 2.05) is 10.8 Å². The smallest absolute Gasteiger partial charge is 0.289 e. The van der Waals surface area contributed by atoms with Crippen LogP contribution in [0.25, 0.3) is 0 Å². The lowest BCUT2D eigenvalue weighted by Crippen LogP contribution is -2.10. The van der Waals surface area contributed by atoms with Crippen LogP contribution in [0.3, 0.4) is 0 Å². The molecule has 0 aliphatic carbocycles. The van der Waals surface area contributed by atoms with Crippen molar-refractivity contribution in [1.82, 2.24) is 0 Å². The molecule has 2 aromatic rings. The molecule has 5 nitrogen and oxygen atoms in total. The minimum absolute atomic E-state index is 0.154. The van der Waals surface area contributed by atoms with Crippen molar-refractivity contribution in [3.63, 3.8) is 0 Å². The third kappa shape index (κ3) is 3.64. The fourth-order valence-electron chi connectivity index (χ4n) is 1.59. The van der Waals surface area contributed by atoms with Crippen LogP contribution in [-0.2, 0) is 10.3 Å². The number of ketones is 1. The third-order valence-corrected chi connectivity index (χ3v) is 2.92. The standard InChI is InChI=1S/C13H11NO4S/c15-13(10-4-2-1-3-5-10)11-6-8-12(9-7-11)14-19(16,17)18/h1-9,14H,(H,16,17,18). The molecule has 19 heavy (non-hydrogen) atoms. The molecule has 0 saturated heterocycles. The zero-order valence-electron chi connectivity index (χ0n) is 9.78. The van der Waals surface area contributed by atoms with Crippen molar-refractivity contribution in [2.45, 2.75) is 0 Å². The predicted molar refractivity (Wildman–Crippen MR) is 71.5 cm³/mol. The summed E-state index contributed by atoms with van der Waals surface area (Å²) in [6, 6.07) is 14.5. The summed E-state index contributed by atoms with van der Waals surface area (Å²) in [4.78, 5) is 12.1. The van der Waals surface area contributed by atoms with Gasteiger partial charge in [-0.15, -0.1) is 0 Å². The SMILES string of the molecule is O=C(c1ccccc1)c1ccc(NS(=O)(=O)O)cc1. The fourth-order valence-corrected chi connectivity index (χ4v) is 2.03. The van der Waals surface area contributed by atoms with Crippen molar-refractivity contribution in [1.29, 1.82) is 0 Å². The Morgan fingerprint density at radius 2 is 1.42 bits per heavy atom. The Morgan fingerprint density at radius 3 is 1.95 bits per heavy atom. The van der Waals surface area contributed by atoms with E-state index in [-0.39, 0.29) is 11.5 Å². The van der Waals surface area contributed by atoms with Crippen LogP contribution >= 0.6 is 0 Å². The first-order valence-electron chi connectivity index (χ1n) is 5.41. The van der Waals surface area contributed by atoms with E-state index in [0.29, 0.717) is 11.1 Å². The second kappa shape index (κ2) is 5.21.